The smallest absolute Gasteiger partial charge is 0.324 e. The third kappa shape index (κ3) is 3.46. The van der Waals surface area contributed by atoms with Crippen LogP contribution in [0.4, 0.5) is 10.1 Å². The normalized spacial score (nSPS) is 11.4. The molecule has 4 aromatic rings. The highest BCUT2D eigenvalue weighted by molar-refractivity contribution is 7.17. The quantitative estimate of drug-likeness (QED) is 0.524. The van der Waals surface area contributed by atoms with Gasteiger partial charge < -0.3 is 5.32 Å². The highest BCUT2D eigenvalue weighted by Gasteiger charge is 2.19. The van der Waals surface area contributed by atoms with Gasteiger partial charge in [-0.3, -0.25) is 14.2 Å². The van der Waals surface area contributed by atoms with Gasteiger partial charge in [0.2, 0.25) is 11.7 Å². The van der Waals surface area contributed by atoms with Gasteiger partial charge in [0.05, 0.1) is 5.52 Å². The Hall–Kier alpha value is -3.27. The van der Waals surface area contributed by atoms with Crippen molar-refractivity contribution in [2.75, 3.05) is 5.32 Å². The Labute approximate surface area is 167 Å². The zero-order valence-electron chi connectivity index (χ0n) is 15.6. The highest BCUT2D eigenvalue weighted by Crippen LogP contribution is 2.17. The Kier molecular flexibility index (Phi) is 5.01. The largest absolute Gasteiger partial charge is 0.352 e. The summed E-state index contributed by atoms with van der Waals surface area (Å²) in [6, 6.07) is 7.16. The van der Waals surface area contributed by atoms with Gasteiger partial charge in [-0.05, 0) is 36.1 Å². The number of aromatic nitrogens is 4. The van der Waals surface area contributed by atoms with E-state index in [4.69, 9.17) is 0 Å². The first kappa shape index (κ1) is 19.1. The van der Waals surface area contributed by atoms with Gasteiger partial charge in [0, 0.05) is 12.2 Å². The first-order valence-electron chi connectivity index (χ1n) is 9.14. The molecule has 10 heteroatoms. The van der Waals surface area contributed by atoms with Crippen LogP contribution in [0.1, 0.15) is 19.8 Å². The molecule has 0 atom stereocenters. The lowest BCUT2D eigenvalue weighted by Crippen LogP contribution is -2.29. The summed E-state index contributed by atoms with van der Waals surface area (Å²) in [4.78, 5) is 38.1. The van der Waals surface area contributed by atoms with Crippen LogP contribution < -0.4 is 16.6 Å². The first-order valence-corrected chi connectivity index (χ1v) is 10.0. The summed E-state index contributed by atoms with van der Waals surface area (Å²) >= 11 is 1.27. The summed E-state index contributed by atoms with van der Waals surface area (Å²) in [6.07, 6.45) is 1.63. The molecule has 0 radical (unpaired) electrons. The number of aryl methyl sites for hydroxylation is 1. The maximum absolute atomic E-state index is 13.3. The minimum atomic E-state index is -0.523. The molecular formula is C19H18FN5O3S. The predicted octanol–water partition coefficient (Wildman–Crippen LogP) is 2.45. The minimum absolute atomic E-state index is 0.197. The number of benzene rings is 1. The summed E-state index contributed by atoms with van der Waals surface area (Å²) in [7, 11) is 0. The Balaban J connectivity index is 1.76. The molecule has 0 aliphatic heterocycles. The molecule has 0 unspecified atom stereocenters. The second kappa shape index (κ2) is 7.63. The van der Waals surface area contributed by atoms with Crippen molar-refractivity contribution in [3.8, 4) is 0 Å². The number of fused-ring (bicyclic) bond motifs is 3. The predicted molar refractivity (Wildman–Crippen MR) is 109 cm³/mol. The maximum atomic E-state index is 13.3. The van der Waals surface area contributed by atoms with Gasteiger partial charge in [-0.15, -0.1) is 16.4 Å². The van der Waals surface area contributed by atoms with Crippen LogP contribution in [0.15, 0.2) is 45.3 Å². The minimum Gasteiger partial charge on any atom is -0.324 e. The van der Waals surface area contributed by atoms with Crippen LogP contribution in [0.25, 0.3) is 16.0 Å². The van der Waals surface area contributed by atoms with Crippen molar-refractivity contribution in [2.45, 2.75) is 32.9 Å². The molecule has 0 saturated heterocycles. The van der Waals surface area contributed by atoms with Crippen LogP contribution in [0.5, 0.6) is 0 Å². The Morgan fingerprint density at radius 3 is 2.86 bits per heavy atom. The molecular weight excluding hydrogens is 397 g/mol. The topological polar surface area (TPSA) is 90.4 Å². The van der Waals surface area contributed by atoms with Crippen LogP contribution in [-0.2, 0) is 17.9 Å². The number of amides is 1. The third-order valence-electron chi connectivity index (χ3n) is 4.53. The van der Waals surface area contributed by atoms with Crippen molar-refractivity contribution >= 4 is 38.9 Å². The van der Waals surface area contributed by atoms with Gasteiger partial charge in [0.1, 0.15) is 17.1 Å². The molecule has 0 fully saturated rings. The third-order valence-corrected chi connectivity index (χ3v) is 5.42. The molecule has 8 nitrogen and oxygen atoms in total. The lowest BCUT2D eigenvalue weighted by Gasteiger charge is -2.06. The molecule has 1 N–H and O–H groups in total. The average molecular weight is 415 g/mol. The summed E-state index contributed by atoms with van der Waals surface area (Å²) in [5, 5.41) is 8.54. The molecule has 0 aliphatic carbocycles. The summed E-state index contributed by atoms with van der Waals surface area (Å²) in [5.41, 5.74) is 0.0526. The van der Waals surface area contributed by atoms with Gasteiger partial charge >= 0.3 is 5.69 Å². The lowest BCUT2D eigenvalue weighted by atomic mass is 10.3. The molecule has 0 saturated carbocycles. The molecule has 1 amide bonds. The number of nitrogens with one attached hydrogen (secondary N) is 1. The number of halogens is 1. The fourth-order valence-corrected chi connectivity index (χ4v) is 3.98. The van der Waals surface area contributed by atoms with Gasteiger partial charge in [0.15, 0.2) is 0 Å². The molecule has 1 aromatic carbocycles. The van der Waals surface area contributed by atoms with Gasteiger partial charge in [-0.1, -0.05) is 19.4 Å². The maximum Gasteiger partial charge on any atom is 0.352 e. The van der Waals surface area contributed by atoms with Crippen LogP contribution in [0.2, 0.25) is 0 Å². The van der Waals surface area contributed by atoms with E-state index in [1.165, 1.54) is 38.5 Å². The number of anilines is 1. The average Bonchev–Trinajstić information content (AvgIpc) is 3.27. The Morgan fingerprint density at radius 1 is 1.28 bits per heavy atom. The molecule has 4 rings (SSSR count). The zero-order chi connectivity index (χ0) is 20.5. The number of carbonyl (C=O) groups is 1. The van der Waals surface area contributed by atoms with E-state index >= 15 is 0 Å². The van der Waals surface area contributed by atoms with Crippen molar-refractivity contribution in [2.24, 2.45) is 0 Å². The van der Waals surface area contributed by atoms with Crippen LogP contribution in [0.3, 0.4) is 0 Å². The molecule has 0 aliphatic rings. The number of hydrogen-bond donors (Lipinski definition) is 1. The summed E-state index contributed by atoms with van der Waals surface area (Å²) in [6.45, 7) is 2.08. The highest BCUT2D eigenvalue weighted by atomic mass is 32.1. The zero-order valence-corrected chi connectivity index (χ0v) is 16.4. The molecule has 150 valence electrons. The Morgan fingerprint density at radius 2 is 2.10 bits per heavy atom. The molecule has 0 spiro atoms. The van der Waals surface area contributed by atoms with E-state index in [2.05, 4.69) is 10.4 Å². The van der Waals surface area contributed by atoms with Crippen LogP contribution >= 0.6 is 11.3 Å². The molecule has 0 bridgehead atoms. The van der Waals surface area contributed by atoms with E-state index in [1.54, 1.807) is 17.5 Å². The van der Waals surface area contributed by atoms with E-state index in [1.807, 2.05) is 6.92 Å². The monoisotopic (exact) mass is 415 g/mol. The van der Waals surface area contributed by atoms with Crippen LogP contribution in [0, 0.1) is 5.82 Å². The first-order chi connectivity index (χ1) is 14.0. The molecule has 29 heavy (non-hydrogen) atoms. The summed E-state index contributed by atoms with van der Waals surface area (Å²) in [5.74, 6) is -0.796. The van der Waals surface area contributed by atoms with Crippen molar-refractivity contribution in [3.63, 3.8) is 0 Å². The number of rotatable bonds is 6. The van der Waals surface area contributed by atoms with Crippen molar-refractivity contribution in [1.29, 1.82) is 0 Å². The van der Waals surface area contributed by atoms with E-state index in [-0.39, 0.29) is 23.6 Å². The number of hydrogen-bond acceptors (Lipinski definition) is 5. The number of nitrogens with zero attached hydrogens (tertiary/aromatic N) is 4. The standard InChI is InChI=1S/C19H18FN5O3S/c1-2-3-8-23-17(27)16-14(7-9-29-16)25-18(23)22-24(19(25)28)11-15(26)21-13-6-4-5-12(20)10-13/h4-7,9-10H,2-3,8,11H2,1H3,(H,21,26). The van der Waals surface area contributed by atoms with Gasteiger partial charge in [-0.2, -0.15) is 0 Å². The van der Waals surface area contributed by atoms with Gasteiger partial charge in [0.25, 0.3) is 5.56 Å². The van der Waals surface area contributed by atoms with E-state index in [0.717, 1.165) is 17.5 Å². The van der Waals surface area contributed by atoms with Crippen molar-refractivity contribution in [3.05, 3.63) is 62.4 Å². The summed E-state index contributed by atoms with van der Waals surface area (Å²) < 4.78 is 17.6. The van der Waals surface area contributed by atoms with E-state index in [9.17, 15) is 18.8 Å². The Bertz CT molecular complexity index is 1330. The lowest BCUT2D eigenvalue weighted by molar-refractivity contribution is -0.117. The van der Waals surface area contributed by atoms with Gasteiger partial charge in [-0.25, -0.2) is 18.3 Å². The van der Waals surface area contributed by atoms with Crippen molar-refractivity contribution in [1.82, 2.24) is 18.7 Å². The van der Waals surface area contributed by atoms with Crippen LogP contribution in [-0.4, -0.2) is 24.7 Å². The molecule has 3 heterocycles. The fourth-order valence-electron chi connectivity index (χ4n) is 3.16. The second-order valence-corrected chi connectivity index (χ2v) is 7.50. The van der Waals surface area contributed by atoms with E-state index < -0.39 is 17.4 Å². The number of unbranched alkanes of at least 4 members (excludes halogenated alkanes) is 1. The van der Waals surface area contributed by atoms with E-state index in [0.29, 0.717) is 16.8 Å². The fraction of sp³-hybridized carbons (Fsp3) is 0.263. The second-order valence-electron chi connectivity index (χ2n) is 6.58. The van der Waals surface area contributed by atoms with Crippen molar-refractivity contribution < 1.29 is 9.18 Å². The molecule has 3 aromatic heterocycles. The SMILES string of the molecule is CCCCn1c(=O)c2sccc2n2c(=O)n(CC(=O)Nc3cccc(F)c3)nc12. The number of thiophene rings is 1. The number of carbonyl (C=O) groups excluding carboxylic acids is 1.